The molecule has 1 unspecified atom stereocenters. The fraction of sp³-hybridized carbons (Fsp3) is 0.933. The van der Waals surface area contributed by atoms with Gasteiger partial charge in [0.25, 0.3) is 0 Å². The largest absolute Gasteiger partial charge is 0.338 e. The molecule has 0 radical (unpaired) electrons. The Morgan fingerprint density at radius 2 is 2.00 bits per heavy atom. The van der Waals surface area contributed by atoms with Crippen molar-refractivity contribution in [1.82, 2.24) is 15.1 Å². The second kappa shape index (κ2) is 8.25. The van der Waals surface area contributed by atoms with Crippen molar-refractivity contribution in [2.45, 2.75) is 44.2 Å². The molecule has 2 fully saturated rings. The molecule has 1 amide bonds. The van der Waals surface area contributed by atoms with E-state index in [9.17, 15) is 4.79 Å². The lowest BCUT2D eigenvalue weighted by molar-refractivity contribution is -0.134. The zero-order valence-corrected chi connectivity index (χ0v) is 13.8. The number of amides is 1. The second-order valence-corrected chi connectivity index (χ2v) is 7.41. The lowest BCUT2D eigenvalue weighted by Gasteiger charge is -2.32. The average molecular weight is 299 g/mol. The minimum Gasteiger partial charge on any atom is -0.338 e. The molecule has 1 heterocycles. The van der Waals surface area contributed by atoms with Crippen molar-refractivity contribution in [3.05, 3.63) is 0 Å². The van der Waals surface area contributed by atoms with Gasteiger partial charge in [-0.25, -0.2) is 0 Å². The summed E-state index contributed by atoms with van der Waals surface area (Å²) in [4.78, 5) is 17.0. The fourth-order valence-electron chi connectivity index (χ4n) is 3.11. The number of nitrogens with zero attached hydrogens (tertiary/aromatic N) is 2. The molecule has 2 aliphatic rings. The van der Waals surface area contributed by atoms with Crippen molar-refractivity contribution in [1.29, 1.82) is 0 Å². The topological polar surface area (TPSA) is 35.6 Å². The van der Waals surface area contributed by atoms with Crippen molar-refractivity contribution in [3.63, 3.8) is 0 Å². The van der Waals surface area contributed by atoms with Crippen LogP contribution in [-0.2, 0) is 4.79 Å². The van der Waals surface area contributed by atoms with Crippen LogP contribution in [-0.4, -0.2) is 73.0 Å². The van der Waals surface area contributed by atoms with Crippen LogP contribution in [0, 0.1) is 0 Å². The molecule has 1 saturated carbocycles. The maximum absolute atomic E-state index is 12.7. The average Bonchev–Trinajstić information content (AvgIpc) is 2.93. The standard InChI is InChI=1S/C15H29N3OS/c1-17(2)8-9-18(14-5-3-4-6-14)15(19)11-13-12-20-10-7-16-13/h13-14,16H,3-12H2,1-2H3. The number of thioether (sulfide) groups is 1. The third-order valence-electron chi connectivity index (χ3n) is 4.29. The van der Waals surface area contributed by atoms with Crippen molar-refractivity contribution < 1.29 is 4.79 Å². The van der Waals surface area contributed by atoms with E-state index in [0.29, 0.717) is 24.4 Å². The summed E-state index contributed by atoms with van der Waals surface area (Å²) in [5.74, 6) is 2.62. The number of carbonyl (C=O) groups excluding carboxylic acids is 1. The van der Waals surface area contributed by atoms with Crippen LogP contribution < -0.4 is 5.32 Å². The Kier molecular flexibility index (Phi) is 6.65. The molecule has 1 aliphatic heterocycles. The van der Waals surface area contributed by atoms with Crippen LogP contribution in [0.2, 0.25) is 0 Å². The SMILES string of the molecule is CN(C)CCN(C(=O)CC1CSCCN1)C1CCCC1. The molecule has 116 valence electrons. The van der Waals surface area contributed by atoms with E-state index in [1.165, 1.54) is 31.4 Å². The minimum atomic E-state index is 0.360. The van der Waals surface area contributed by atoms with Crippen LogP contribution >= 0.6 is 11.8 Å². The third-order valence-corrected chi connectivity index (χ3v) is 5.42. The first kappa shape index (κ1) is 16.1. The van der Waals surface area contributed by atoms with E-state index in [4.69, 9.17) is 0 Å². The summed E-state index contributed by atoms with van der Waals surface area (Å²) < 4.78 is 0. The van der Waals surface area contributed by atoms with Crippen LogP contribution in [0.25, 0.3) is 0 Å². The maximum atomic E-state index is 12.7. The predicted octanol–water partition coefficient (Wildman–Crippen LogP) is 1.41. The second-order valence-electron chi connectivity index (χ2n) is 6.26. The van der Waals surface area contributed by atoms with Gasteiger partial charge in [0.2, 0.25) is 5.91 Å². The van der Waals surface area contributed by atoms with Gasteiger partial charge in [0, 0.05) is 49.6 Å². The van der Waals surface area contributed by atoms with E-state index in [0.717, 1.165) is 25.4 Å². The van der Waals surface area contributed by atoms with Crippen LogP contribution in [0.5, 0.6) is 0 Å². The zero-order valence-electron chi connectivity index (χ0n) is 12.9. The highest BCUT2D eigenvalue weighted by Crippen LogP contribution is 2.24. The molecule has 2 rings (SSSR count). The van der Waals surface area contributed by atoms with E-state index < -0.39 is 0 Å². The highest BCUT2D eigenvalue weighted by atomic mass is 32.2. The molecule has 1 atom stereocenters. The Bertz CT molecular complexity index is 299. The highest BCUT2D eigenvalue weighted by molar-refractivity contribution is 7.99. The van der Waals surface area contributed by atoms with Crippen LogP contribution in [0.15, 0.2) is 0 Å². The zero-order chi connectivity index (χ0) is 14.4. The van der Waals surface area contributed by atoms with Crippen molar-refractivity contribution >= 4 is 17.7 Å². The van der Waals surface area contributed by atoms with Gasteiger partial charge in [0.1, 0.15) is 0 Å². The molecule has 4 nitrogen and oxygen atoms in total. The highest BCUT2D eigenvalue weighted by Gasteiger charge is 2.28. The first-order valence-corrected chi connectivity index (χ1v) is 9.07. The van der Waals surface area contributed by atoms with E-state index >= 15 is 0 Å². The minimum absolute atomic E-state index is 0.360. The molecule has 0 aromatic carbocycles. The first-order valence-electron chi connectivity index (χ1n) is 7.92. The lowest BCUT2D eigenvalue weighted by Crippen LogP contribution is -2.47. The van der Waals surface area contributed by atoms with Crippen molar-refractivity contribution in [3.8, 4) is 0 Å². The van der Waals surface area contributed by atoms with Crippen molar-refractivity contribution in [2.75, 3.05) is 45.2 Å². The molecule has 0 aromatic heterocycles. The Balaban J connectivity index is 1.87. The molecule has 0 aromatic rings. The number of rotatable bonds is 6. The van der Waals surface area contributed by atoms with E-state index in [1.807, 2.05) is 11.8 Å². The summed E-state index contributed by atoms with van der Waals surface area (Å²) in [6, 6.07) is 0.878. The van der Waals surface area contributed by atoms with Crippen LogP contribution in [0.3, 0.4) is 0 Å². The van der Waals surface area contributed by atoms with Gasteiger partial charge in [-0.2, -0.15) is 11.8 Å². The number of hydrogen-bond acceptors (Lipinski definition) is 4. The monoisotopic (exact) mass is 299 g/mol. The van der Waals surface area contributed by atoms with Gasteiger partial charge in [-0.1, -0.05) is 12.8 Å². The molecule has 0 spiro atoms. The molecular weight excluding hydrogens is 270 g/mol. The van der Waals surface area contributed by atoms with E-state index in [2.05, 4.69) is 29.2 Å². The van der Waals surface area contributed by atoms with Crippen LogP contribution in [0.4, 0.5) is 0 Å². The van der Waals surface area contributed by atoms with Crippen LogP contribution in [0.1, 0.15) is 32.1 Å². The normalized spacial score (nSPS) is 24.2. The molecule has 20 heavy (non-hydrogen) atoms. The molecule has 1 N–H and O–H groups in total. The summed E-state index contributed by atoms with van der Waals surface area (Å²) in [6.45, 7) is 2.90. The first-order chi connectivity index (χ1) is 9.66. The number of nitrogens with one attached hydrogen (secondary N) is 1. The van der Waals surface area contributed by atoms with Gasteiger partial charge in [-0.3, -0.25) is 4.79 Å². The summed E-state index contributed by atoms with van der Waals surface area (Å²) in [5, 5.41) is 3.48. The van der Waals surface area contributed by atoms with Gasteiger partial charge in [-0.05, 0) is 26.9 Å². The molecule has 1 saturated heterocycles. The van der Waals surface area contributed by atoms with E-state index in [1.54, 1.807) is 0 Å². The summed E-state index contributed by atoms with van der Waals surface area (Å²) in [5.41, 5.74) is 0. The summed E-state index contributed by atoms with van der Waals surface area (Å²) in [7, 11) is 4.16. The van der Waals surface area contributed by atoms with Gasteiger partial charge >= 0.3 is 0 Å². The van der Waals surface area contributed by atoms with Gasteiger partial charge < -0.3 is 15.1 Å². The van der Waals surface area contributed by atoms with Gasteiger partial charge in [-0.15, -0.1) is 0 Å². The Morgan fingerprint density at radius 3 is 2.60 bits per heavy atom. The Hall–Kier alpha value is -0.260. The quantitative estimate of drug-likeness (QED) is 0.804. The van der Waals surface area contributed by atoms with Crippen molar-refractivity contribution in [2.24, 2.45) is 0 Å². The molecule has 5 heteroatoms. The maximum Gasteiger partial charge on any atom is 0.224 e. The number of carbonyl (C=O) groups is 1. The smallest absolute Gasteiger partial charge is 0.224 e. The number of likely N-dealkylation sites (N-methyl/N-ethyl adjacent to an activating group) is 1. The predicted molar refractivity (Wildman–Crippen MR) is 86.3 cm³/mol. The Labute approximate surface area is 127 Å². The number of hydrogen-bond donors (Lipinski definition) is 1. The third kappa shape index (κ3) is 4.93. The fourth-order valence-corrected chi connectivity index (χ4v) is 4.06. The molecule has 0 bridgehead atoms. The summed E-state index contributed by atoms with van der Waals surface area (Å²) >= 11 is 1.97. The molecule has 1 aliphatic carbocycles. The molecular formula is C15H29N3OS. The lowest BCUT2D eigenvalue weighted by atomic mass is 10.1. The van der Waals surface area contributed by atoms with Gasteiger partial charge in [0.15, 0.2) is 0 Å². The Morgan fingerprint density at radius 1 is 1.25 bits per heavy atom. The summed E-state index contributed by atoms with van der Waals surface area (Å²) in [6.07, 6.45) is 5.65. The van der Waals surface area contributed by atoms with Gasteiger partial charge in [0.05, 0.1) is 0 Å². The van der Waals surface area contributed by atoms with E-state index in [-0.39, 0.29) is 0 Å².